The molecule has 1 aliphatic heterocycles. The van der Waals surface area contributed by atoms with Gasteiger partial charge in [-0.15, -0.1) is 23.2 Å². The fourth-order valence-electron chi connectivity index (χ4n) is 6.67. The van der Waals surface area contributed by atoms with E-state index in [1.807, 2.05) is 48.5 Å². The van der Waals surface area contributed by atoms with E-state index in [1.165, 1.54) is 7.11 Å². The molecule has 1 N–H and O–H groups in total. The number of methoxy groups -OCH3 is 1. The molecule has 3 amide bonds. The second-order valence-corrected chi connectivity index (χ2v) is 12.2. The van der Waals surface area contributed by atoms with Crippen LogP contribution < -0.4 is 10.1 Å². The zero-order valence-electron chi connectivity index (χ0n) is 21.4. The second kappa shape index (κ2) is 8.98. The van der Waals surface area contributed by atoms with Gasteiger partial charge >= 0.3 is 0 Å². The number of halogens is 3. The van der Waals surface area contributed by atoms with E-state index in [4.69, 9.17) is 39.5 Å². The number of nitrogens with zero attached hydrogens (tertiary/aromatic N) is 1. The molecule has 200 valence electrons. The molecule has 1 saturated heterocycles. The van der Waals surface area contributed by atoms with Gasteiger partial charge in [-0.25, -0.2) is 0 Å². The number of likely N-dealkylation sites (tertiary alicyclic amines) is 1. The molecule has 0 saturated carbocycles. The molecule has 6 nitrogen and oxygen atoms in total. The van der Waals surface area contributed by atoms with Crippen molar-refractivity contribution in [2.24, 2.45) is 17.8 Å². The highest BCUT2D eigenvalue weighted by atomic mass is 35.5. The SMILES string of the molecule is COc1ccc(Cl)cc1NC(=O)[C@H](C(C)C)N1C(=O)[C@@H]2[C@@H](C1=O)C1(Cl)c3ccccc3C2(Cl)c2ccccc21. The number of alkyl halides is 2. The average Bonchev–Trinajstić information content (AvgIpc) is 3.18. The Labute approximate surface area is 241 Å². The van der Waals surface area contributed by atoms with Crippen LogP contribution in [0.3, 0.4) is 0 Å². The van der Waals surface area contributed by atoms with Crippen molar-refractivity contribution in [2.75, 3.05) is 12.4 Å². The van der Waals surface area contributed by atoms with Crippen molar-refractivity contribution >= 4 is 58.2 Å². The van der Waals surface area contributed by atoms with Crippen LogP contribution in [0.2, 0.25) is 5.02 Å². The van der Waals surface area contributed by atoms with Gasteiger partial charge in [0.25, 0.3) is 0 Å². The first kappa shape index (κ1) is 26.2. The molecule has 3 aliphatic carbocycles. The van der Waals surface area contributed by atoms with Gasteiger partial charge in [-0.2, -0.15) is 0 Å². The fraction of sp³-hybridized carbons (Fsp3) is 0.300. The van der Waals surface area contributed by atoms with Gasteiger partial charge in [0.15, 0.2) is 0 Å². The van der Waals surface area contributed by atoms with Crippen LogP contribution in [-0.2, 0) is 24.1 Å². The van der Waals surface area contributed by atoms with Crippen LogP contribution in [0.25, 0.3) is 0 Å². The van der Waals surface area contributed by atoms with E-state index in [1.54, 1.807) is 32.0 Å². The Morgan fingerprint density at radius 3 is 1.74 bits per heavy atom. The third kappa shape index (κ3) is 3.38. The summed E-state index contributed by atoms with van der Waals surface area (Å²) in [5.41, 5.74) is 3.16. The molecule has 3 aromatic carbocycles. The maximum Gasteiger partial charge on any atom is 0.248 e. The predicted octanol–water partition coefficient (Wildman–Crippen LogP) is 5.90. The minimum Gasteiger partial charge on any atom is -0.495 e. The Morgan fingerprint density at radius 1 is 0.872 bits per heavy atom. The highest BCUT2D eigenvalue weighted by molar-refractivity contribution is 6.36. The van der Waals surface area contributed by atoms with Crippen molar-refractivity contribution in [3.05, 3.63) is 94.0 Å². The van der Waals surface area contributed by atoms with Gasteiger partial charge in [-0.1, -0.05) is 74.0 Å². The van der Waals surface area contributed by atoms with Crippen LogP contribution in [0.15, 0.2) is 66.7 Å². The Kier molecular flexibility index (Phi) is 6.03. The number of carbonyl (C=O) groups excluding carboxylic acids is 3. The monoisotopic (exact) mass is 582 g/mol. The second-order valence-electron chi connectivity index (χ2n) is 10.5. The minimum atomic E-state index is -1.32. The smallest absolute Gasteiger partial charge is 0.248 e. The quantitative estimate of drug-likeness (QED) is 0.300. The van der Waals surface area contributed by atoms with Crippen LogP contribution in [0.5, 0.6) is 5.75 Å². The molecule has 2 bridgehead atoms. The summed E-state index contributed by atoms with van der Waals surface area (Å²) < 4.78 is 5.37. The highest BCUT2D eigenvalue weighted by Crippen LogP contribution is 2.69. The lowest BCUT2D eigenvalue weighted by Gasteiger charge is -2.54. The van der Waals surface area contributed by atoms with Crippen LogP contribution >= 0.6 is 34.8 Å². The van der Waals surface area contributed by atoms with E-state index in [2.05, 4.69) is 5.32 Å². The van der Waals surface area contributed by atoms with Crippen molar-refractivity contribution in [1.82, 2.24) is 4.90 Å². The molecule has 3 atom stereocenters. The topological polar surface area (TPSA) is 75.7 Å². The number of hydrogen-bond acceptors (Lipinski definition) is 4. The van der Waals surface area contributed by atoms with Crippen molar-refractivity contribution < 1.29 is 19.1 Å². The first-order valence-corrected chi connectivity index (χ1v) is 13.8. The number of amides is 3. The van der Waals surface area contributed by atoms with Gasteiger partial charge in [0, 0.05) is 5.02 Å². The fourth-order valence-corrected chi connectivity index (χ4v) is 7.94. The lowest BCUT2D eigenvalue weighted by atomic mass is 9.54. The van der Waals surface area contributed by atoms with E-state index in [0.29, 0.717) is 38.7 Å². The van der Waals surface area contributed by atoms with E-state index in [-0.39, 0.29) is 0 Å². The van der Waals surface area contributed by atoms with Crippen molar-refractivity contribution in [2.45, 2.75) is 29.6 Å². The van der Waals surface area contributed by atoms with Gasteiger partial charge in [-0.05, 0) is 46.4 Å². The first-order valence-electron chi connectivity index (χ1n) is 12.7. The van der Waals surface area contributed by atoms with Crippen LogP contribution in [0, 0.1) is 17.8 Å². The molecule has 0 aromatic heterocycles. The summed E-state index contributed by atoms with van der Waals surface area (Å²) in [6.07, 6.45) is 0. The van der Waals surface area contributed by atoms with Gasteiger partial charge in [0.05, 0.1) is 24.6 Å². The first-order chi connectivity index (χ1) is 18.6. The normalized spacial score (nSPS) is 27.2. The Morgan fingerprint density at radius 2 is 1.33 bits per heavy atom. The zero-order valence-corrected chi connectivity index (χ0v) is 23.6. The maximum atomic E-state index is 14.3. The highest BCUT2D eigenvalue weighted by Gasteiger charge is 2.73. The molecule has 7 rings (SSSR count). The van der Waals surface area contributed by atoms with Crippen LogP contribution in [-0.4, -0.2) is 35.8 Å². The Balaban J connectivity index is 1.47. The number of carbonyl (C=O) groups is 3. The third-order valence-corrected chi connectivity index (χ3v) is 9.74. The molecule has 1 heterocycles. The number of benzene rings is 3. The standard InChI is InChI=1S/C30H25Cl3N2O4/c1-15(2)25(26(36)34-21-14-16(31)12-13-22(21)39-3)35-27(37)23-24(28(35)38)30(33)18-9-5-4-8-17(18)29(23,32)19-10-6-7-11-20(19)30/h4-15,23-25H,1-3H3,(H,34,36)/t23-,24-,25-,29?,30?/m0/s1. The summed E-state index contributed by atoms with van der Waals surface area (Å²) in [5, 5.41) is 3.21. The van der Waals surface area contributed by atoms with Gasteiger partial charge in [-0.3, -0.25) is 19.3 Å². The molecular weight excluding hydrogens is 559 g/mol. The van der Waals surface area contributed by atoms with E-state index in [9.17, 15) is 14.4 Å². The van der Waals surface area contributed by atoms with Gasteiger partial charge < -0.3 is 10.1 Å². The van der Waals surface area contributed by atoms with Crippen LogP contribution in [0.4, 0.5) is 5.69 Å². The third-order valence-electron chi connectivity index (χ3n) is 8.22. The van der Waals surface area contributed by atoms with Crippen LogP contribution in [0.1, 0.15) is 36.1 Å². The summed E-state index contributed by atoms with van der Waals surface area (Å²) in [5.74, 6) is -3.55. The zero-order chi connectivity index (χ0) is 27.9. The number of hydrogen-bond donors (Lipinski definition) is 1. The average molecular weight is 584 g/mol. The Bertz CT molecular complexity index is 1430. The summed E-state index contributed by atoms with van der Waals surface area (Å²) in [7, 11) is 1.47. The molecule has 9 heteroatoms. The molecule has 1 fully saturated rings. The van der Waals surface area contributed by atoms with E-state index < -0.39 is 51.3 Å². The molecule has 3 aromatic rings. The number of nitrogens with one attached hydrogen (secondary N) is 1. The molecule has 4 aliphatic rings. The summed E-state index contributed by atoms with van der Waals surface area (Å²) in [6, 6.07) is 18.6. The van der Waals surface area contributed by atoms with E-state index in [0.717, 1.165) is 4.90 Å². The molecule has 0 unspecified atom stereocenters. The van der Waals surface area contributed by atoms with Crippen molar-refractivity contribution in [1.29, 1.82) is 0 Å². The largest absolute Gasteiger partial charge is 0.495 e. The molecule has 0 radical (unpaired) electrons. The molecule has 39 heavy (non-hydrogen) atoms. The summed E-state index contributed by atoms with van der Waals surface area (Å²) in [6.45, 7) is 3.57. The van der Waals surface area contributed by atoms with Crippen molar-refractivity contribution in [3.8, 4) is 5.75 Å². The number of anilines is 1. The lowest BCUT2D eigenvalue weighted by molar-refractivity contribution is -0.148. The predicted molar refractivity (Wildman–Crippen MR) is 150 cm³/mol. The van der Waals surface area contributed by atoms with Crippen molar-refractivity contribution in [3.63, 3.8) is 0 Å². The summed E-state index contributed by atoms with van der Waals surface area (Å²) >= 11 is 21.2. The number of imide groups is 1. The van der Waals surface area contributed by atoms with Gasteiger partial charge in [0.2, 0.25) is 17.7 Å². The lowest BCUT2D eigenvalue weighted by Crippen LogP contribution is -2.57. The molecule has 0 spiro atoms. The van der Waals surface area contributed by atoms with E-state index >= 15 is 0 Å². The van der Waals surface area contributed by atoms with Gasteiger partial charge in [0.1, 0.15) is 21.5 Å². The minimum absolute atomic E-state index is 0.333. The number of ether oxygens (including phenoxy) is 1. The summed E-state index contributed by atoms with van der Waals surface area (Å²) in [4.78, 5) is 40.9. The maximum absolute atomic E-state index is 14.3. The molecular formula is C30H25Cl3N2O4. The number of rotatable bonds is 5. The Hall–Kier alpha value is -3.06.